The molecule has 1 heterocycles. The third kappa shape index (κ3) is 2.19. The highest BCUT2D eigenvalue weighted by Gasteiger charge is 2.02. The van der Waals surface area contributed by atoms with Gasteiger partial charge in [0.1, 0.15) is 0 Å². The van der Waals surface area contributed by atoms with Crippen LogP contribution in [0, 0.1) is 0 Å². The van der Waals surface area contributed by atoms with E-state index in [1.807, 2.05) is 17.5 Å². The minimum absolute atomic E-state index is 0.591. The fourth-order valence-corrected chi connectivity index (χ4v) is 1.91. The third-order valence-electron chi connectivity index (χ3n) is 2.11. The van der Waals surface area contributed by atoms with E-state index in [1.165, 1.54) is 11.3 Å². The lowest BCUT2D eigenvalue weighted by Gasteiger charge is -2.03. The summed E-state index contributed by atoms with van der Waals surface area (Å²) in [5.74, 6) is 0. The van der Waals surface area contributed by atoms with E-state index in [0.29, 0.717) is 16.5 Å². The van der Waals surface area contributed by atoms with E-state index in [4.69, 9.17) is 17.2 Å². The van der Waals surface area contributed by atoms with Gasteiger partial charge in [0.2, 0.25) is 0 Å². The Kier molecular flexibility index (Phi) is 2.47. The number of rotatable bonds is 2. The van der Waals surface area contributed by atoms with Gasteiger partial charge in [0, 0.05) is 11.8 Å². The average Bonchev–Trinajstić information content (AvgIpc) is 2.58. The minimum atomic E-state index is 0.591. The van der Waals surface area contributed by atoms with Gasteiger partial charge in [0.05, 0.1) is 17.1 Å². The second-order valence-electron chi connectivity index (χ2n) is 3.32. The molecular weight excluding hydrogens is 208 g/mol. The van der Waals surface area contributed by atoms with Gasteiger partial charge in [-0.25, -0.2) is 4.98 Å². The predicted octanol–water partition coefficient (Wildman–Crippen LogP) is 1.48. The molecule has 0 saturated heterocycles. The average molecular weight is 220 g/mol. The fourth-order valence-electron chi connectivity index (χ4n) is 1.35. The van der Waals surface area contributed by atoms with Gasteiger partial charge in [-0.3, -0.25) is 0 Å². The molecule has 0 aliphatic carbocycles. The Bertz CT molecular complexity index is 478. The maximum atomic E-state index is 5.71. The summed E-state index contributed by atoms with van der Waals surface area (Å²) in [7, 11) is 0. The van der Waals surface area contributed by atoms with Crippen LogP contribution in [0.15, 0.2) is 23.6 Å². The highest BCUT2D eigenvalue weighted by molar-refractivity contribution is 7.13. The van der Waals surface area contributed by atoms with Gasteiger partial charge in [-0.2, -0.15) is 0 Å². The Morgan fingerprint density at radius 1 is 1.13 bits per heavy atom. The topological polar surface area (TPSA) is 90.9 Å². The van der Waals surface area contributed by atoms with Crippen molar-refractivity contribution >= 4 is 27.8 Å². The molecular formula is C10H12N4S. The van der Waals surface area contributed by atoms with Crippen LogP contribution in [-0.4, -0.2) is 4.98 Å². The van der Waals surface area contributed by atoms with Crippen LogP contribution in [0.2, 0.25) is 0 Å². The monoisotopic (exact) mass is 220 g/mol. The highest BCUT2D eigenvalue weighted by atomic mass is 32.1. The van der Waals surface area contributed by atoms with Gasteiger partial charge in [-0.15, -0.1) is 11.3 Å². The molecule has 6 N–H and O–H groups in total. The van der Waals surface area contributed by atoms with Crippen molar-refractivity contribution in [2.45, 2.75) is 6.42 Å². The first kappa shape index (κ1) is 9.79. The molecule has 1 aromatic carbocycles. The van der Waals surface area contributed by atoms with E-state index in [-0.39, 0.29) is 0 Å². The molecule has 0 radical (unpaired) electrons. The van der Waals surface area contributed by atoms with E-state index in [9.17, 15) is 0 Å². The maximum Gasteiger partial charge on any atom is 0.180 e. The number of nitrogens with two attached hydrogens (primary N) is 3. The van der Waals surface area contributed by atoms with Crippen LogP contribution in [0.1, 0.15) is 11.3 Å². The Balaban J connectivity index is 2.21. The normalized spacial score (nSPS) is 10.4. The summed E-state index contributed by atoms with van der Waals surface area (Å²) < 4.78 is 0. The first-order valence-electron chi connectivity index (χ1n) is 4.49. The van der Waals surface area contributed by atoms with Crippen molar-refractivity contribution in [2.75, 3.05) is 17.2 Å². The van der Waals surface area contributed by atoms with Crippen LogP contribution in [-0.2, 0) is 6.42 Å². The Labute approximate surface area is 91.7 Å². The van der Waals surface area contributed by atoms with E-state index in [1.54, 1.807) is 6.07 Å². The molecule has 1 aromatic heterocycles. The van der Waals surface area contributed by atoms with Crippen molar-refractivity contribution in [3.63, 3.8) is 0 Å². The molecule has 0 aliphatic heterocycles. The van der Waals surface area contributed by atoms with E-state index in [2.05, 4.69) is 4.98 Å². The zero-order chi connectivity index (χ0) is 10.8. The van der Waals surface area contributed by atoms with Crippen LogP contribution in [0.4, 0.5) is 16.5 Å². The summed E-state index contributed by atoms with van der Waals surface area (Å²) >= 11 is 1.44. The molecule has 0 atom stereocenters. The SMILES string of the molecule is Nc1nc(Cc2ccc(N)c(N)c2)cs1. The summed E-state index contributed by atoms with van der Waals surface area (Å²) in [6, 6.07) is 5.62. The standard InChI is InChI=1S/C10H12N4S/c11-8-2-1-6(4-9(8)12)3-7-5-15-10(13)14-7/h1-2,4-5H,3,11-12H2,(H2,13,14). The van der Waals surface area contributed by atoms with Crippen molar-refractivity contribution < 1.29 is 0 Å². The van der Waals surface area contributed by atoms with Crippen LogP contribution in [0.25, 0.3) is 0 Å². The van der Waals surface area contributed by atoms with E-state index in [0.717, 1.165) is 17.7 Å². The van der Waals surface area contributed by atoms with E-state index >= 15 is 0 Å². The summed E-state index contributed by atoms with van der Waals surface area (Å²) in [6.45, 7) is 0. The summed E-state index contributed by atoms with van der Waals surface area (Å²) in [4.78, 5) is 4.18. The number of nitrogen functional groups attached to an aromatic ring is 3. The van der Waals surface area contributed by atoms with E-state index < -0.39 is 0 Å². The van der Waals surface area contributed by atoms with Crippen molar-refractivity contribution in [1.29, 1.82) is 0 Å². The molecule has 78 valence electrons. The molecule has 0 aliphatic rings. The Morgan fingerprint density at radius 2 is 1.93 bits per heavy atom. The van der Waals surface area contributed by atoms with Crippen molar-refractivity contribution in [3.8, 4) is 0 Å². The van der Waals surface area contributed by atoms with Crippen LogP contribution in [0.5, 0.6) is 0 Å². The molecule has 4 nitrogen and oxygen atoms in total. The number of nitrogens with zero attached hydrogens (tertiary/aromatic N) is 1. The molecule has 0 amide bonds. The predicted molar refractivity (Wildman–Crippen MR) is 64.6 cm³/mol. The second kappa shape index (κ2) is 3.78. The molecule has 0 fully saturated rings. The summed E-state index contributed by atoms with van der Waals surface area (Å²) in [5.41, 5.74) is 20.2. The van der Waals surface area contributed by atoms with Gasteiger partial charge >= 0.3 is 0 Å². The molecule has 2 rings (SSSR count). The smallest absolute Gasteiger partial charge is 0.180 e. The first-order valence-corrected chi connectivity index (χ1v) is 5.37. The lowest BCUT2D eigenvalue weighted by molar-refractivity contribution is 1.11. The van der Waals surface area contributed by atoms with Crippen LogP contribution >= 0.6 is 11.3 Å². The first-order chi connectivity index (χ1) is 7.15. The molecule has 0 bridgehead atoms. The van der Waals surface area contributed by atoms with Gasteiger partial charge < -0.3 is 17.2 Å². The Hall–Kier alpha value is -1.75. The maximum absolute atomic E-state index is 5.71. The molecule has 15 heavy (non-hydrogen) atoms. The number of hydrogen-bond acceptors (Lipinski definition) is 5. The molecule has 2 aromatic rings. The van der Waals surface area contributed by atoms with Gasteiger partial charge in [0.15, 0.2) is 5.13 Å². The highest BCUT2D eigenvalue weighted by Crippen LogP contribution is 2.20. The molecule has 0 spiro atoms. The van der Waals surface area contributed by atoms with Crippen molar-refractivity contribution in [1.82, 2.24) is 4.98 Å². The summed E-state index contributed by atoms with van der Waals surface area (Å²) in [5, 5.41) is 2.54. The number of anilines is 3. The molecule has 0 unspecified atom stereocenters. The second-order valence-corrected chi connectivity index (χ2v) is 4.21. The summed E-state index contributed by atoms with van der Waals surface area (Å²) in [6.07, 6.45) is 0.734. The Morgan fingerprint density at radius 3 is 2.53 bits per heavy atom. The fraction of sp³-hybridized carbons (Fsp3) is 0.100. The number of aromatic nitrogens is 1. The van der Waals surface area contributed by atoms with Gasteiger partial charge in [-0.05, 0) is 17.7 Å². The van der Waals surface area contributed by atoms with Crippen molar-refractivity contribution in [2.24, 2.45) is 0 Å². The van der Waals surface area contributed by atoms with Crippen LogP contribution < -0.4 is 17.2 Å². The molecule has 5 heteroatoms. The number of hydrogen-bond donors (Lipinski definition) is 3. The quantitative estimate of drug-likeness (QED) is 0.668. The largest absolute Gasteiger partial charge is 0.397 e. The number of benzene rings is 1. The lowest BCUT2D eigenvalue weighted by Crippen LogP contribution is -1.97. The third-order valence-corrected chi connectivity index (χ3v) is 2.83. The van der Waals surface area contributed by atoms with Crippen molar-refractivity contribution in [3.05, 3.63) is 34.8 Å². The van der Waals surface area contributed by atoms with Gasteiger partial charge in [0.25, 0.3) is 0 Å². The zero-order valence-corrected chi connectivity index (χ0v) is 8.92. The minimum Gasteiger partial charge on any atom is -0.397 e. The zero-order valence-electron chi connectivity index (χ0n) is 8.10. The van der Waals surface area contributed by atoms with Gasteiger partial charge in [-0.1, -0.05) is 6.07 Å². The number of thiazole rings is 1. The molecule has 0 saturated carbocycles. The lowest BCUT2D eigenvalue weighted by atomic mass is 10.1. The van der Waals surface area contributed by atoms with Crippen LogP contribution in [0.3, 0.4) is 0 Å².